The molecule has 27 heteroatoms. The lowest BCUT2D eigenvalue weighted by molar-refractivity contribution is 0.414. The van der Waals surface area contributed by atoms with Crippen LogP contribution in [0, 0.1) is 20.8 Å². The van der Waals surface area contributed by atoms with Gasteiger partial charge in [-0.25, -0.2) is 66.1 Å². The number of methoxy groups -OCH3 is 1. The van der Waals surface area contributed by atoms with Gasteiger partial charge in [0.15, 0.2) is 24.5 Å². The molecule has 15 rings (SSSR count). The van der Waals surface area contributed by atoms with Crippen molar-refractivity contribution in [2.24, 2.45) is 0 Å². The molecule has 560 valence electrons. The van der Waals surface area contributed by atoms with Crippen LogP contribution in [0.4, 0.5) is 0 Å². The Balaban J connectivity index is 0.000000136. The molecule has 0 saturated heterocycles. The quantitative estimate of drug-likeness (QED) is 0.109. The Morgan fingerprint density at radius 3 is 0.809 bits per heavy atom. The summed E-state index contributed by atoms with van der Waals surface area (Å²) < 4.78 is 158. The van der Waals surface area contributed by atoms with Gasteiger partial charge in [-0.3, -0.25) is 0 Å². The van der Waals surface area contributed by atoms with E-state index in [1.54, 1.807) is 170 Å². The summed E-state index contributed by atoms with van der Waals surface area (Å²) in [4.78, 5) is 58.7. The van der Waals surface area contributed by atoms with Crippen LogP contribution in [-0.4, -0.2) is 49.2 Å². The standard InChI is InChI=1S/C19H18O4S.C17H14O4S.C16H12O5S.C16H12O4S.C15H9BrO4S/c1-19(2,3)14-8-10-15(11-9-14)24(21,22)17-12-13-6-4-5-7-16(13)23-18(17)20;1-11-7-8-14(9-12(11)2)22(19,20)16-10-13-5-3-4-6-15(13)21-17(16)18;1-20-12-6-8-13(9-7-12)22(18,19)15-10-11-4-2-3-5-14(11)21-16(15)17;1-11-6-8-13(9-7-11)21(18,19)15-10-12-4-2-3-5-14(12)20-16(15)17;16-11-5-7-12(8-6-11)21(18,19)14-9-10-3-1-2-4-13(10)20-15(14)17/h4-12H,1-3H3;3-10H,1-2H3;2-10H,1H3;2-10H,1H3;1-9H. The highest BCUT2D eigenvalue weighted by Gasteiger charge is 2.29. The molecule has 0 aliphatic heterocycles. The minimum atomic E-state index is -3.95. The van der Waals surface area contributed by atoms with Crippen molar-refractivity contribution in [3.8, 4) is 5.75 Å². The van der Waals surface area contributed by atoms with Crippen LogP contribution in [0.2, 0.25) is 0 Å². The van der Waals surface area contributed by atoms with E-state index < -0.39 is 77.3 Å². The van der Waals surface area contributed by atoms with Crippen LogP contribution in [0.15, 0.2) is 366 Å². The number of sulfone groups is 5. The van der Waals surface area contributed by atoms with E-state index in [1.807, 2.05) is 20.8 Å². The van der Waals surface area contributed by atoms with Gasteiger partial charge in [0.1, 0.15) is 33.7 Å². The van der Waals surface area contributed by atoms with Crippen molar-refractivity contribution in [2.45, 2.75) is 95.9 Å². The van der Waals surface area contributed by atoms with E-state index in [1.165, 1.54) is 104 Å². The zero-order valence-corrected chi connectivity index (χ0v) is 65.1. The number of para-hydroxylation sites is 5. The fourth-order valence-electron chi connectivity index (χ4n) is 10.9. The first-order valence-electron chi connectivity index (χ1n) is 33.1. The van der Waals surface area contributed by atoms with E-state index in [0.717, 1.165) is 26.7 Å². The first kappa shape index (κ1) is 79.3. The second-order valence-corrected chi connectivity index (χ2v) is 36.2. The topological polar surface area (TPSA) is 331 Å². The number of hydrogen-bond donors (Lipinski definition) is 0. The Labute approximate surface area is 638 Å². The van der Waals surface area contributed by atoms with Crippen LogP contribution in [0.25, 0.3) is 54.8 Å². The fraction of sp³-hybridized carbons (Fsp3) is 0.0964. The van der Waals surface area contributed by atoms with Gasteiger partial charge in [0.2, 0.25) is 49.2 Å². The van der Waals surface area contributed by atoms with Gasteiger partial charge in [-0.1, -0.05) is 164 Å². The molecule has 15 aromatic rings. The molecule has 5 aromatic heterocycles. The molecule has 0 aliphatic rings. The normalized spacial score (nSPS) is 11.8. The van der Waals surface area contributed by atoms with Gasteiger partial charge in [-0.2, -0.15) is 0 Å². The third kappa shape index (κ3) is 17.4. The van der Waals surface area contributed by atoms with E-state index in [2.05, 4.69) is 36.7 Å². The Bertz CT molecular complexity index is 6800. The van der Waals surface area contributed by atoms with Crippen molar-refractivity contribution in [2.75, 3.05) is 7.11 Å². The number of fused-ring (bicyclic) bond motifs is 5. The molecule has 0 aliphatic carbocycles. The Hall–Kier alpha value is -11.7. The maximum atomic E-state index is 12.8. The van der Waals surface area contributed by atoms with E-state index in [4.69, 9.17) is 26.8 Å². The fourth-order valence-corrected chi connectivity index (χ4v) is 17.7. The summed E-state index contributed by atoms with van der Waals surface area (Å²) in [6, 6.07) is 70.4. The molecule has 0 fully saturated rings. The summed E-state index contributed by atoms with van der Waals surface area (Å²) in [5.74, 6) is 0.532. The molecule has 0 N–H and O–H groups in total. The van der Waals surface area contributed by atoms with Gasteiger partial charge in [-0.15, -0.1) is 0 Å². The van der Waals surface area contributed by atoms with Gasteiger partial charge in [0.25, 0.3) is 0 Å². The molecule has 0 unspecified atom stereocenters. The summed E-state index contributed by atoms with van der Waals surface area (Å²) in [6.45, 7) is 11.7. The Morgan fingerprint density at radius 2 is 0.536 bits per heavy atom. The Kier molecular flexibility index (Phi) is 23.2. The van der Waals surface area contributed by atoms with Crippen molar-refractivity contribution < 1.29 is 68.9 Å². The number of rotatable bonds is 11. The van der Waals surface area contributed by atoms with Crippen LogP contribution >= 0.6 is 15.9 Å². The second-order valence-electron chi connectivity index (χ2n) is 25.7. The van der Waals surface area contributed by atoms with Crippen molar-refractivity contribution in [3.05, 3.63) is 346 Å². The van der Waals surface area contributed by atoms with Crippen LogP contribution in [0.1, 0.15) is 43.0 Å². The largest absolute Gasteiger partial charge is 0.497 e. The van der Waals surface area contributed by atoms with E-state index in [0.29, 0.717) is 60.6 Å². The van der Waals surface area contributed by atoms with Gasteiger partial charge < -0.3 is 26.8 Å². The van der Waals surface area contributed by atoms with E-state index in [9.17, 15) is 66.1 Å². The lowest BCUT2D eigenvalue weighted by Gasteiger charge is -2.19. The molecule has 110 heavy (non-hydrogen) atoms. The number of benzene rings is 10. The molecule has 0 atom stereocenters. The predicted molar refractivity (Wildman–Crippen MR) is 419 cm³/mol. The zero-order valence-electron chi connectivity index (χ0n) is 59.4. The van der Waals surface area contributed by atoms with Crippen molar-refractivity contribution >= 4 is 120 Å². The van der Waals surface area contributed by atoms with Crippen molar-refractivity contribution in [1.82, 2.24) is 0 Å². The molecular weight excluding hydrogens is 1570 g/mol. The van der Waals surface area contributed by atoms with Gasteiger partial charge in [-0.05, 0) is 188 Å². The molecule has 10 aromatic carbocycles. The molecule has 0 spiro atoms. The van der Waals surface area contributed by atoms with Crippen LogP contribution in [-0.2, 0) is 54.6 Å². The van der Waals surface area contributed by atoms with Crippen LogP contribution in [0.3, 0.4) is 0 Å². The Morgan fingerprint density at radius 1 is 0.291 bits per heavy atom. The molecule has 0 bridgehead atoms. The van der Waals surface area contributed by atoms with Crippen LogP contribution in [0.5, 0.6) is 5.75 Å². The van der Waals surface area contributed by atoms with Gasteiger partial charge in [0, 0.05) is 31.4 Å². The van der Waals surface area contributed by atoms with Crippen molar-refractivity contribution in [3.63, 3.8) is 0 Å². The third-order valence-electron chi connectivity index (χ3n) is 17.1. The SMILES string of the molecule is CC(C)(C)c1ccc(S(=O)(=O)c2cc3ccccc3oc2=O)cc1.COc1ccc(S(=O)(=O)c2cc3ccccc3oc2=O)cc1.Cc1ccc(S(=O)(=O)c2cc3ccccc3oc2=O)cc1.Cc1ccc(S(=O)(=O)c2cc3ccccc3oc2=O)cc1C.O=c1oc2ccccc2cc1S(=O)(=O)c1ccc(Br)cc1. The summed E-state index contributed by atoms with van der Waals surface area (Å²) in [7, 11) is -18.1. The summed E-state index contributed by atoms with van der Waals surface area (Å²) >= 11 is 3.24. The lowest BCUT2D eigenvalue weighted by atomic mass is 9.87. The number of hydrogen-bond acceptors (Lipinski definition) is 21. The molecular formula is C83H65BrO21S5. The van der Waals surface area contributed by atoms with Gasteiger partial charge in [0.05, 0.1) is 31.6 Å². The number of halogens is 1. The zero-order chi connectivity index (χ0) is 79.3. The highest BCUT2D eigenvalue weighted by molar-refractivity contribution is 9.10. The third-order valence-corrected chi connectivity index (χ3v) is 26.4. The smallest absolute Gasteiger partial charge is 0.355 e. The van der Waals surface area contributed by atoms with E-state index in [-0.39, 0.29) is 54.4 Å². The highest BCUT2D eigenvalue weighted by Crippen LogP contribution is 2.31. The molecule has 5 heterocycles. The molecule has 21 nitrogen and oxygen atoms in total. The lowest BCUT2D eigenvalue weighted by Crippen LogP contribution is -2.15. The average Bonchev–Trinajstić information content (AvgIpc) is 0.794. The summed E-state index contributed by atoms with van der Waals surface area (Å²) in [6.07, 6.45) is 0. The number of aryl methyl sites for hydroxylation is 3. The van der Waals surface area contributed by atoms with Gasteiger partial charge >= 0.3 is 28.1 Å². The molecule has 0 saturated carbocycles. The number of ether oxygens (including phenoxy) is 1. The highest BCUT2D eigenvalue weighted by atomic mass is 79.9. The van der Waals surface area contributed by atoms with Crippen LogP contribution < -0.4 is 32.9 Å². The van der Waals surface area contributed by atoms with E-state index >= 15 is 0 Å². The molecule has 0 amide bonds. The van der Waals surface area contributed by atoms with Crippen molar-refractivity contribution in [1.29, 1.82) is 0 Å². The predicted octanol–water partition coefficient (Wildman–Crippen LogP) is 16.1. The summed E-state index contributed by atoms with van der Waals surface area (Å²) in [5, 5.41) is 2.83. The first-order chi connectivity index (χ1) is 52.1. The molecule has 0 radical (unpaired) electrons. The minimum absolute atomic E-state index is 0.0101. The maximum Gasteiger partial charge on any atom is 0.355 e. The summed E-state index contributed by atoms with van der Waals surface area (Å²) in [5.41, 5.74) is 1.23. The second kappa shape index (κ2) is 32.2. The average molecular weight is 1640 g/mol. The first-order valence-corrected chi connectivity index (χ1v) is 41.3. The monoisotopic (exact) mass is 1640 g/mol. The maximum absolute atomic E-state index is 12.8. The minimum Gasteiger partial charge on any atom is -0.497 e.